The molecule has 1 heterocycles. The Bertz CT molecular complexity index is 195. The molecule has 1 aliphatic heterocycles. The third kappa shape index (κ3) is 1.31. The number of hydrogen-bond donors (Lipinski definition) is 1. The van der Waals surface area contributed by atoms with Crippen LogP contribution in [0.1, 0.15) is 39.5 Å². The third-order valence-corrected chi connectivity index (χ3v) is 3.55. The Morgan fingerprint density at radius 3 is 2.25 bits per heavy atom. The minimum atomic E-state index is 0.734. The second-order valence-electron chi connectivity index (χ2n) is 4.71. The fourth-order valence-electron chi connectivity index (χ4n) is 2.52. The lowest BCUT2D eigenvalue weighted by Gasteiger charge is -2.47. The highest BCUT2D eigenvalue weighted by Crippen LogP contribution is 2.52. The first kappa shape index (κ1) is 8.31. The van der Waals surface area contributed by atoms with Gasteiger partial charge in [-0.3, -0.25) is 0 Å². The summed E-state index contributed by atoms with van der Waals surface area (Å²) in [5.74, 6) is 0. The van der Waals surface area contributed by atoms with Gasteiger partial charge in [-0.2, -0.15) is 0 Å². The maximum atomic E-state index is 3.44. The van der Waals surface area contributed by atoms with Gasteiger partial charge in [0.25, 0.3) is 0 Å². The summed E-state index contributed by atoms with van der Waals surface area (Å²) >= 11 is 0. The summed E-state index contributed by atoms with van der Waals surface area (Å²) in [6, 6.07) is 0. The van der Waals surface area contributed by atoms with Gasteiger partial charge >= 0.3 is 0 Å². The third-order valence-electron chi connectivity index (χ3n) is 3.55. The van der Waals surface area contributed by atoms with E-state index in [4.69, 9.17) is 0 Å². The van der Waals surface area contributed by atoms with Gasteiger partial charge in [0.15, 0.2) is 0 Å². The monoisotopic (exact) mass is 165 g/mol. The van der Waals surface area contributed by atoms with Gasteiger partial charge in [0.1, 0.15) is 0 Å². The summed E-state index contributed by atoms with van der Waals surface area (Å²) in [6.07, 6.45) is 5.61. The summed E-state index contributed by atoms with van der Waals surface area (Å²) < 4.78 is 0. The number of nitrogens with one attached hydrogen (secondary N) is 1. The van der Waals surface area contributed by atoms with Gasteiger partial charge in [-0.05, 0) is 58.0 Å². The summed E-state index contributed by atoms with van der Waals surface area (Å²) in [7, 11) is 0. The van der Waals surface area contributed by atoms with E-state index in [1.54, 1.807) is 11.1 Å². The normalized spacial score (nSPS) is 27.0. The van der Waals surface area contributed by atoms with Gasteiger partial charge < -0.3 is 5.32 Å². The van der Waals surface area contributed by atoms with E-state index in [2.05, 4.69) is 19.2 Å². The first-order chi connectivity index (χ1) is 5.72. The predicted molar refractivity (Wildman–Crippen MR) is 52.1 cm³/mol. The van der Waals surface area contributed by atoms with Crippen molar-refractivity contribution < 1.29 is 0 Å². The molecule has 0 aromatic rings. The van der Waals surface area contributed by atoms with E-state index >= 15 is 0 Å². The van der Waals surface area contributed by atoms with Crippen LogP contribution in [0.3, 0.4) is 0 Å². The molecule has 2 aliphatic rings. The average molecular weight is 165 g/mol. The lowest BCUT2D eigenvalue weighted by Crippen LogP contribution is -2.42. The Kier molecular flexibility index (Phi) is 1.99. The summed E-state index contributed by atoms with van der Waals surface area (Å²) in [5.41, 5.74) is 4.04. The number of rotatable bonds is 0. The van der Waals surface area contributed by atoms with Gasteiger partial charge in [-0.15, -0.1) is 0 Å². The molecule has 1 aliphatic carbocycles. The van der Waals surface area contributed by atoms with Crippen LogP contribution in [0, 0.1) is 5.41 Å². The van der Waals surface area contributed by atoms with E-state index in [0.29, 0.717) is 0 Å². The molecule has 1 saturated carbocycles. The minimum Gasteiger partial charge on any atom is -0.317 e. The van der Waals surface area contributed by atoms with Crippen molar-refractivity contribution in [3.63, 3.8) is 0 Å². The lowest BCUT2D eigenvalue weighted by molar-refractivity contribution is 0.140. The van der Waals surface area contributed by atoms with Crippen LogP contribution in [0.15, 0.2) is 11.1 Å². The fraction of sp³-hybridized carbons (Fsp3) is 0.818. The molecule has 0 radical (unpaired) electrons. The average Bonchev–Trinajstić information content (AvgIpc) is 2.01. The van der Waals surface area contributed by atoms with E-state index in [1.165, 1.54) is 38.8 Å². The lowest BCUT2D eigenvalue weighted by atomic mass is 9.60. The molecule has 1 heteroatoms. The van der Waals surface area contributed by atoms with Crippen LogP contribution in [-0.4, -0.2) is 13.1 Å². The zero-order valence-corrected chi connectivity index (χ0v) is 8.24. The van der Waals surface area contributed by atoms with E-state index in [9.17, 15) is 0 Å². The highest BCUT2D eigenvalue weighted by atomic mass is 14.9. The van der Waals surface area contributed by atoms with Crippen molar-refractivity contribution in [1.29, 1.82) is 0 Å². The molecule has 1 N–H and O–H groups in total. The van der Waals surface area contributed by atoms with Crippen LogP contribution in [-0.2, 0) is 0 Å². The van der Waals surface area contributed by atoms with Crippen molar-refractivity contribution in [3.05, 3.63) is 11.1 Å². The van der Waals surface area contributed by atoms with Crippen molar-refractivity contribution in [2.45, 2.75) is 39.5 Å². The standard InChI is InChI=1S/C11H19N/c1-9(2)10-7-11(8-10)3-5-12-6-4-11/h12H,3-8H2,1-2H3. The second kappa shape index (κ2) is 2.88. The molecule has 0 aromatic heterocycles. The van der Waals surface area contributed by atoms with Crippen LogP contribution < -0.4 is 5.32 Å². The fourth-order valence-corrected chi connectivity index (χ4v) is 2.52. The largest absolute Gasteiger partial charge is 0.317 e. The number of piperidine rings is 1. The van der Waals surface area contributed by atoms with E-state index in [-0.39, 0.29) is 0 Å². The SMILES string of the molecule is CC(C)=C1CC2(CCNCC2)C1. The number of allylic oxidation sites excluding steroid dienone is 2. The Hall–Kier alpha value is -0.300. The zero-order chi connectivity index (χ0) is 8.60. The molecular weight excluding hydrogens is 146 g/mol. The molecule has 1 saturated heterocycles. The van der Waals surface area contributed by atoms with Crippen molar-refractivity contribution in [2.24, 2.45) is 5.41 Å². The molecule has 0 unspecified atom stereocenters. The minimum absolute atomic E-state index is 0.734. The molecule has 12 heavy (non-hydrogen) atoms. The van der Waals surface area contributed by atoms with Gasteiger partial charge in [-0.25, -0.2) is 0 Å². The summed E-state index contributed by atoms with van der Waals surface area (Å²) in [5, 5.41) is 3.44. The Morgan fingerprint density at radius 2 is 1.75 bits per heavy atom. The first-order valence-corrected chi connectivity index (χ1v) is 5.08. The first-order valence-electron chi connectivity index (χ1n) is 5.08. The molecule has 1 nitrogen and oxygen atoms in total. The van der Waals surface area contributed by atoms with E-state index in [0.717, 1.165) is 5.41 Å². The van der Waals surface area contributed by atoms with Crippen molar-refractivity contribution in [1.82, 2.24) is 5.32 Å². The number of hydrogen-bond acceptors (Lipinski definition) is 1. The zero-order valence-electron chi connectivity index (χ0n) is 8.24. The Labute approximate surface area is 75.2 Å². The highest BCUT2D eigenvalue weighted by Gasteiger charge is 2.41. The Morgan fingerprint density at radius 1 is 1.17 bits per heavy atom. The summed E-state index contributed by atoms with van der Waals surface area (Å²) in [6.45, 7) is 7.00. The van der Waals surface area contributed by atoms with Gasteiger partial charge in [-0.1, -0.05) is 11.1 Å². The molecule has 68 valence electrons. The van der Waals surface area contributed by atoms with Crippen molar-refractivity contribution >= 4 is 0 Å². The van der Waals surface area contributed by atoms with Gasteiger partial charge in [0.05, 0.1) is 0 Å². The van der Waals surface area contributed by atoms with Crippen LogP contribution in [0.2, 0.25) is 0 Å². The quantitative estimate of drug-likeness (QED) is 0.544. The molecule has 1 spiro atoms. The topological polar surface area (TPSA) is 12.0 Å². The predicted octanol–water partition coefficient (Wildman–Crippen LogP) is 2.49. The smallest absolute Gasteiger partial charge is 0.00434 e. The van der Waals surface area contributed by atoms with Crippen LogP contribution in [0.5, 0.6) is 0 Å². The maximum absolute atomic E-state index is 3.44. The van der Waals surface area contributed by atoms with Crippen molar-refractivity contribution in [2.75, 3.05) is 13.1 Å². The van der Waals surface area contributed by atoms with Gasteiger partial charge in [0, 0.05) is 0 Å². The molecule has 2 rings (SSSR count). The van der Waals surface area contributed by atoms with Crippen LogP contribution in [0.25, 0.3) is 0 Å². The molecule has 0 amide bonds. The molecular formula is C11H19N. The van der Waals surface area contributed by atoms with E-state index in [1.807, 2.05) is 0 Å². The summed E-state index contributed by atoms with van der Waals surface area (Å²) in [4.78, 5) is 0. The van der Waals surface area contributed by atoms with Crippen LogP contribution >= 0.6 is 0 Å². The highest BCUT2D eigenvalue weighted by molar-refractivity contribution is 5.23. The van der Waals surface area contributed by atoms with Gasteiger partial charge in [0.2, 0.25) is 0 Å². The second-order valence-corrected chi connectivity index (χ2v) is 4.71. The molecule has 0 aromatic carbocycles. The molecule has 0 bridgehead atoms. The van der Waals surface area contributed by atoms with Crippen molar-refractivity contribution in [3.8, 4) is 0 Å². The Balaban J connectivity index is 1.97. The van der Waals surface area contributed by atoms with Crippen LogP contribution in [0.4, 0.5) is 0 Å². The van der Waals surface area contributed by atoms with E-state index < -0.39 is 0 Å². The molecule has 0 atom stereocenters. The molecule has 2 fully saturated rings. The maximum Gasteiger partial charge on any atom is -0.00434 e.